The molecule has 0 spiro atoms. The number of hydrogen-bond acceptors (Lipinski definition) is 6. The molecule has 1 N–H and O–H groups in total. The Labute approximate surface area is 109 Å². The van der Waals surface area contributed by atoms with E-state index in [-0.39, 0.29) is 5.69 Å². The quantitative estimate of drug-likeness (QED) is 0.480. The summed E-state index contributed by atoms with van der Waals surface area (Å²) < 4.78 is 1.71. The van der Waals surface area contributed by atoms with Crippen molar-refractivity contribution in [3.05, 3.63) is 40.3 Å². The Hall–Kier alpha value is -2.51. The minimum absolute atomic E-state index is 0.0308. The topological polar surface area (TPSA) is 98.8 Å². The van der Waals surface area contributed by atoms with Gasteiger partial charge in [0.25, 0.3) is 0 Å². The van der Waals surface area contributed by atoms with Crippen LogP contribution in [0.1, 0.15) is 12.0 Å². The fourth-order valence-electron chi connectivity index (χ4n) is 1.71. The molecule has 8 nitrogen and oxygen atoms in total. The van der Waals surface area contributed by atoms with Gasteiger partial charge in [0.05, 0.1) is 11.1 Å². The Morgan fingerprint density at radius 3 is 3.00 bits per heavy atom. The van der Waals surface area contributed by atoms with Crippen molar-refractivity contribution in [3.8, 4) is 0 Å². The number of rotatable bonds is 6. The van der Waals surface area contributed by atoms with Crippen LogP contribution in [0.4, 0.5) is 11.5 Å². The van der Waals surface area contributed by atoms with Gasteiger partial charge in [-0.3, -0.25) is 14.8 Å². The van der Waals surface area contributed by atoms with Gasteiger partial charge in [0, 0.05) is 31.0 Å². The molecule has 0 atom stereocenters. The highest BCUT2D eigenvalue weighted by atomic mass is 16.6. The summed E-state index contributed by atoms with van der Waals surface area (Å²) in [5, 5.41) is 21.5. The SMILES string of the molecule is Cc1ccnc(NCCCn2ccnn2)c1[N+](=O)[O-]. The zero-order chi connectivity index (χ0) is 13.7. The first-order valence-corrected chi connectivity index (χ1v) is 5.86. The van der Waals surface area contributed by atoms with Crippen LogP contribution in [0.5, 0.6) is 0 Å². The van der Waals surface area contributed by atoms with Crippen LogP contribution in [0.25, 0.3) is 0 Å². The summed E-state index contributed by atoms with van der Waals surface area (Å²) in [4.78, 5) is 14.6. The zero-order valence-electron chi connectivity index (χ0n) is 10.5. The second kappa shape index (κ2) is 5.89. The van der Waals surface area contributed by atoms with Gasteiger partial charge >= 0.3 is 5.69 Å². The lowest BCUT2D eigenvalue weighted by atomic mass is 10.2. The van der Waals surface area contributed by atoms with E-state index in [0.29, 0.717) is 24.5 Å². The lowest BCUT2D eigenvalue weighted by Crippen LogP contribution is -2.10. The Bertz CT molecular complexity index is 554. The molecule has 0 aliphatic heterocycles. The van der Waals surface area contributed by atoms with Gasteiger partial charge in [-0.1, -0.05) is 5.21 Å². The maximum Gasteiger partial charge on any atom is 0.314 e. The van der Waals surface area contributed by atoms with Crippen LogP contribution in [-0.2, 0) is 6.54 Å². The van der Waals surface area contributed by atoms with Crippen LogP contribution in [-0.4, -0.2) is 31.4 Å². The molecule has 19 heavy (non-hydrogen) atoms. The molecule has 100 valence electrons. The van der Waals surface area contributed by atoms with Gasteiger partial charge < -0.3 is 5.32 Å². The van der Waals surface area contributed by atoms with Crippen molar-refractivity contribution in [1.29, 1.82) is 0 Å². The summed E-state index contributed by atoms with van der Waals surface area (Å²) in [7, 11) is 0. The number of nitrogens with one attached hydrogen (secondary N) is 1. The number of aromatic nitrogens is 4. The van der Waals surface area contributed by atoms with Crippen LogP contribution in [0, 0.1) is 17.0 Å². The Balaban J connectivity index is 1.92. The molecule has 2 aromatic heterocycles. The number of anilines is 1. The number of aryl methyl sites for hydroxylation is 2. The molecule has 0 saturated heterocycles. The van der Waals surface area contributed by atoms with E-state index in [1.165, 1.54) is 0 Å². The number of hydrogen-bond donors (Lipinski definition) is 1. The number of nitrogens with zero attached hydrogens (tertiary/aromatic N) is 5. The third-order valence-electron chi connectivity index (χ3n) is 2.64. The van der Waals surface area contributed by atoms with Gasteiger partial charge in [-0.2, -0.15) is 0 Å². The summed E-state index contributed by atoms with van der Waals surface area (Å²) in [5.41, 5.74) is 0.627. The molecule has 0 bridgehead atoms. The molecule has 2 rings (SSSR count). The average Bonchev–Trinajstić information content (AvgIpc) is 2.87. The number of nitro groups is 1. The summed E-state index contributed by atoms with van der Waals surface area (Å²) >= 11 is 0. The number of pyridine rings is 1. The van der Waals surface area contributed by atoms with E-state index < -0.39 is 4.92 Å². The van der Waals surface area contributed by atoms with Crippen molar-refractivity contribution >= 4 is 11.5 Å². The van der Waals surface area contributed by atoms with E-state index >= 15 is 0 Å². The maximum atomic E-state index is 11.0. The Morgan fingerprint density at radius 1 is 1.47 bits per heavy atom. The van der Waals surface area contributed by atoms with Crippen LogP contribution in [0.15, 0.2) is 24.7 Å². The van der Waals surface area contributed by atoms with E-state index in [0.717, 1.165) is 6.42 Å². The van der Waals surface area contributed by atoms with Gasteiger partial charge in [0.15, 0.2) is 0 Å². The molecule has 0 fully saturated rings. The summed E-state index contributed by atoms with van der Waals surface area (Å²) in [6.45, 7) is 2.98. The predicted octanol–water partition coefficient (Wildman–Crippen LogP) is 1.39. The van der Waals surface area contributed by atoms with Crippen molar-refractivity contribution in [2.45, 2.75) is 19.9 Å². The highest BCUT2D eigenvalue weighted by Gasteiger charge is 2.17. The van der Waals surface area contributed by atoms with Crippen LogP contribution in [0.3, 0.4) is 0 Å². The Kier molecular flexibility index (Phi) is 4.01. The van der Waals surface area contributed by atoms with Crippen molar-refractivity contribution in [2.75, 3.05) is 11.9 Å². The van der Waals surface area contributed by atoms with E-state index in [9.17, 15) is 10.1 Å². The van der Waals surface area contributed by atoms with Crippen molar-refractivity contribution < 1.29 is 4.92 Å². The van der Waals surface area contributed by atoms with Crippen LogP contribution in [0.2, 0.25) is 0 Å². The van der Waals surface area contributed by atoms with Gasteiger partial charge in [-0.25, -0.2) is 4.98 Å². The molecule has 8 heteroatoms. The van der Waals surface area contributed by atoms with Gasteiger partial charge in [-0.05, 0) is 19.4 Å². The van der Waals surface area contributed by atoms with Gasteiger partial charge in [0.2, 0.25) is 5.82 Å². The summed E-state index contributed by atoms with van der Waals surface area (Å²) in [5.74, 6) is 0.309. The molecule has 0 aliphatic rings. The molecule has 0 radical (unpaired) electrons. The fourth-order valence-corrected chi connectivity index (χ4v) is 1.71. The minimum atomic E-state index is -0.415. The molecule has 2 heterocycles. The highest BCUT2D eigenvalue weighted by molar-refractivity contribution is 5.59. The van der Waals surface area contributed by atoms with Crippen LogP contribution < -0.4 is 5.32 Å². The largest absolute Gasteiger partial charge is 0.364 e. The third-order valence-corrected chi connectivity index (χ3v) is 2.64. The minimum Gasteiger partial charge on any atom is -0.364 e. The second-order valence-electron chi connectivity index (χ2n) is 4.03. The predicted molar refractivity (Wildman–Crippen MR) is 68.8 cm³/mol. The standard InChI is InChI=1S/C11H14N6O2/c1-9-3-5-13-11(10(9)17(18)19)12-4-2-7-16-8-6-14-15-16/h3,5-6,8H,2,4,7H2,1H3,(H,12,13). The fraction of sp³-hybridized carbons (Fsp3) is 0.364. The lowest BCUT2D eigenvalue weighted by molar-refractivity contribution is -0.384. The first-order valence-electron chi connectivity index (χ1n) is 5.86. The van der Waals surface area contributed by atoms with Crippen molar-refractivity contribution in [1.82, 2.24) is 20.0 Å². The normalized spacial score (nSPS) is 10.4. The Morgan fingerprint density at radius 2 is 2.32 bits per heavy atom. The van der Waals surface area contributed by atoms with E-state index in [4.69, 9.17) is 0 Å². The van der Waals surface area contributed by atoms with E-state index in [2.05, 4.69) is 20.6 Å². The van der Waals surface area contributed by atoms with E-state index in [1.807, 2.05) is 0 Å². The molecule has 2 aromatic rings. The van der Waals surface area contributed by atoms with E-state index in [1.54, 1.807) is 36.3 Å². The maximum absolute atomic E-state index is 11.0. The first-order chi connectivity index (χ1) is 9.18. The molecule has 0 saturated carbocycles. The molecular formula is C11H14N6O2. The van der Waals surface area contributed by atoms with Crippen molar-refractivity contribution in [2.24, 2.45) is 0 Å². The second-order valence-corrected chi connectivity index (χ2v) is 4.03. The zero-order valence-corrected chi connectivity index (χ0v) is 10.5. The molecule has 0 amide bonds. The molecule has 0 aliphatic carbocycles. The van der Waals surface area contributed by atoms with Gasteiger partial charge in [0.1, 0.15) is 0 Å². The molecular weight excluding hydrogens is 248 g/mol. The first kappa shape index (κ1) is 12.9. The average molecular weight is 262 g/mol. The molecule has 0 unspecified atom stereocenters. The molecule has 0 aromatic carbocycles. The van der Waals surface area contributed by atoms with Crippen LogP contribution >= 0.6 is 0 Å². The third kappa shape index (κ3) is 3.24. The monoisotopic (exact) mass is 262 g/mol. The van der Waals surface area contributed by atoms with Gasteiger partial charge in [-0.15, -0.1) is 5.10 Å². The van der Waals surface area contributed by atoms with Crippen molar-refractivity contribution in [3.63, 3.8) is 0 Å². The highest BCUT2D eigenvalue weighted by Crippen LogP contribution is 2.25. The summed E-state index contributed by atoms with van der Waals surface area (Å²) in [6.07, 6.45) is 5.71. The summed E-state index contributed by atoms with van der Waals surface area (Å²) in [6, 6.07) is 1.62. The smallest absolute Gasteiger partial charge is 0.314 e. The lowest BCUT2D eigenvalue weighted by Gasteiger charge is -2.07.